The number of alkyl halides is 3. The Labute approximate surface area is 286 Å². The number of alkyl carbamates (subject to hydrolysis) is 1. The SMILES string of the molecule is C[C@H](N(Cc1ccc(F)cc1)C(=O)CN1C(=O)O[C@@]2(CCc3cc(NC(=O)NCC(C)(C)CNC(=O)OC(C)(C)C)ccc32)C1=O)C(F)(F)F. The topological polar surface area (TPSA) is 146 Å². The van der Waals surface area contributed by atoms with Crippen LogP contribution < -0.4 is 16.0 Å². The first-order valence-electron chi connectivity index (χ1n) is 15.9. The van der Waals surface area contributed by atoms with Crippen LogP contribution in [0.15, 0.2) is 42.5 Å². The maximum absolute atomic E-state index is 13.7. The number of benzene rings is 2. The van der Waals surface area contributed by atoms with E-state index in [4.69, 9.17) is 9.47 Å². The molecular weight excluding hydrogens is 666 g/mol. The number of anilines is 1. The van der Waals surface area contributed by atoms with Gasteiger partial charge in [0.15, 0.2) is 0 Å². The number of carbonyl (C=O) groups excluding carboxylic acids is 5. The molecule has 0 radical (unpaired) electrons. The van der Waals surface area contributed by atoms with Gasteiger partial charge in [0.05, 0.1) is 0 Å². The van der Waals surface area contributed by atoms with Gasteiger partial charge >= 0.3 is 24.4 Å². The number of carbonyl (C=O) groups is 5. The van der Waals surface area contributed by atoms with E-state index >= 15 is 0 Å². The Morgan fingerprint density at radius 1 is 1.00 bits per heavy atom. The van der Waals surface area contributed by atoms with Crippen molar-refractivity contribution in [3.8, 4) is 0 Å². The molecule has 0 bridgehead atoms. The number of halogens is 4. The Kier molecular flexibility index (Phi) is 10.7. The average molecular weight is 708 g/mol. The molecule has 2 aliphatic rings. The normalized spacial score (nSPS) is 18.0. The molecule has 0 saturated carbocycles. The first-order chi connectivity index (χ1) is 23.1. The van der Waals surface area contributed by atoms with Gasteiger partial charge < -0.3 is 30.3 Å². The quantitative estimate of drug-likeness (QED) is 0.273. The van der Waals surface area contributed by atoms with E-state index in [1.165, 1.54) is 24.3 Å². The summed E-state index contributed by atoms with van der Waals surface area (Å²) in [5, 5.41) is 8.12. The molecule has 1 fully saturated rings. The molecule has 4 rings (SSSR count). The van der Waals surface area contributed by atoms with Crippen LogP contribution in [-0.2, 0) is 37.6 Å². The van der Waals surface area contributed by atoms with E-state index in [0.29, 0.717) is 26.6 Å². The number of nitrogens with one attached hydrogen (secondary N) is 3. The van der Waals surface area contributed by atoms with Crippen molar-refractivity contribution in [2.24, 2.45) is 5.41 Å². The van der Waals surface area contributed by atoms with Gasteiger partial charge in [0.2, 0.25) is 11.5 Å². The van der Waals surface area contributed by atoms with Crippen molar-refractivity contribution >= 4 is 35.7 Å². The molecule has 1 spiro atoms. The average Bonchev–Trinajstić information content (AvgIpc) is 3.48. The zero-order chi connectivity index (χ0) is 37.2. The Bertz CT molecular complexity index is 1640. The van der Waals surface area contributed by atoms with Crippen molar-refractivity contribution in [1.82, 2.24) is 20.4 Å². The van der Waals surface area contributed by atoms with Gasteiger partial charge in [0.1, 0.15) is 24.0 Å². The van der Waals surface area contributed by atoms with Gasteiger partial charge in [-0.1, -0.05) is 32.0 Å². The van der Waals surface area contributed by atoms with E-state index in [9.17, 15) is 41.5 Å². The number of amides is 6. The van der Waals surface area contributed by atoms with Crippen LogP contribution in [0.2, 0.25) is 0 Å². The lowest BCUT2D eigenvalue weighted by molar-refractivity contribution is -0.187. The maximum Gasteiger partial charge on any atom is 0.418 e. The standard InChI is InChI=1S/C34H41F4N5O7/c1-20(34(36,37)38)42(16-21-7-9-23(35)10-8-21)26(44)17-43-27(45)33(50-30(43)48)14-13-22-15-24(11-12-25(22)33)41-28(46)39-18-32(5,6)19-40-29(47)49-31(2,3)4/h7-12,15,20H,13-14,16-19H2,1-6H3,(H,40,47)(H2,39,41,46)/t20-,33+/m0/s1. The highest BCUT2D eigenvalue weighted by Crippen LogP contribution is 2.46. The second-order valence-electron chi connectivity index (χ2n) is 14.2. The predicted octanol–water partition coefficient (Wildman–Crippen LogP) is 5.60. The summed E-state index contributed by atoms with van der Waals surface area (Å²) in [4.78, 5) is 65.5. The van der Waals surface area contributed by atoms with Gasteiger partial charge in [0.25, 0.3) is 5.91 Å². The minimum Gasteiger partial charge on any atom is -0.444 e. The second-order valence-corrected chi connectivity index (χ2v) is 14.2. The molecule has 0 aromatic heterocycles. The van der Waals surface area contributed by atoms with Gasteiger partial charge in [-0.2, -0.15) is 13.2 Å². The van der Waals surface area contributed by atoms with Crippen molar-refractivity contribution in [3.05, 3.63) is 65.0 Å². The lowest BCUT2D eigenvalue weighted by Crippen LogP contribution is -2.51. The molecule has 16 heteroatoms. The molecule has 0 unspecified atom stereocenters. The fourth-order valence-corrected chi connectivity index (χ4v) is 5.54. The van der Waals surface area contributed by atoms with E-state index in [2.05, 4.69) is 16.0 Å². The molecule has 2 atom stereocenters. The van der Waals surface area contributed by atoms with Gasteiger partial charge in [0, 0.05) is 37.3 Å². The fraction of sp³-hybridized carbons (Fsp3) is 0.500. The smallest absolute Gasteiger partial charge is 0.418 e. The van der Waals surface area contributed by atoms with E-state index in [1.54, 1.807) is 26.8 Å². The molecule has 12 nitrogen and oxygen atoms in total. The number of nitrogens with zero attached hydrogens (tertiary/aromatic N) is 2. The molecule has 2 aromatic rings. The summed E-state index contributed by atoms with van der Waals surface area (Å²) in [6, 6.07) is 6.37. The van der Waals surface area contributed by atoms with Crippen LogP contribution in [-0.4, -0.2) is 77.3 Å². The highest BCUT2D eigenvalue weighted by molar-refractivity contribution is 6.06. The lowest BCUT2D eigenvalue weighted by Gasteiger charge is -2.31. The van der Waals surface area contributed by atoms with E-state index in [1.807, 2.05) is 13.8 Å². The minimum absolute atomic E-state index is 0.0182. The Morgan fingerprint density at radius 3 is 2.26 bits per heavy atom. The molecule has 1 aliphatic carbocycles. The first-order valence-corrected chi connectivity index (χ1v) is 15.9. The molecule has 1 saturated heterocycles. The van der Waals surface area contributed by atoms with Gasteiger partial charge in [-0.05, 0) is 74.9 Å². The third-order valence-electron chi connectivity index (χ3n) is 8.28. The lowest BCUT2D eigenvalue weighted by atomic mass is 9.93. The maximum atomic E-state index is 13.7. The third kappa shape index (κ3) is 9.01. The zero-order valence-electron chi connectivity index (χ0n) is 28.6. The van der Waals surface area contributed by atoms with Crippen molar-refractivity contribution in [1.29, 1.82) is 0 Å². The first kappa shape index (κ1) is 37.9. The van der Waals surface area contributed by atoms with Crippen molar-refractivity contribution in [2.45, 2.75) is 84.3 Å². The summed E-state index contributed by atoms with van der Waals surface area (Å²) < 4.78 is 65.3. The number of aryl methyl sites for hydroxylation is 1. The molecule has 6 amide bonds. The number of hydrogen-bond donors (Lipinski definition) is 3. The van der Waals surface area contributed by atoms with Crippen LogP contribution in [0.4, 0.5) is 37.6 Å². The Balaban J connectivity index is 1.40. The number of urea groups is 1. The Hall–Kier alpha value is -4.89. The number of hydrogen-bond acceptors (Lipinski definition) is 7. The third-order valence-corrected chi connectivity index (χ3v) is 8.28. The van der Waals surface area contributed by atoms with Gasteiger partial charge in [-0.3, -0.25) is 9.59 Å². The summed E-state index contributed by atoms with van der Waals surface area (Å²) in [6.45, 7) is 8.58. The van der Waals surface area contributed by atoms with Gasteiger partial charge in [-0.15, -0.1) is 0 Å². The molecule has 2 aromatic carbocycles. The molecule has 50 heavy (non-hydrogen) atoms. The van der Waals surface area contributed by atoms with Crippen molar-refractivity contribution in [3.63, 3.8) is 0 Å². The van der Waals surface area contributed by atoms with E-state index in [0.717, 1.165) is 19.1 Å². The summed E-state index contributed by atoms with van der Waals surface area (Å²) in [5.41, 5.74) is -1.45. The Morgan fingerprint density at radius 2 is 1.64 bits per heavy atom. The zero-order valence-corrected chi connectivity index (χ0v) is 28.6. The van der Waals surface area contributed by atoms with Crippen molar-refractivity contribution < 1.29 is 51.0 Å². The summed E-state index contributed by atoms with van der Waals surface area (Å²) >= 11 is 0. The summed E-state index contributed by atoms with van der Waals surface area (Å²) in [5.74, 6) is -2.66. The van der Waals surface area contributed by atoms with Crippen LogP contribution in [0.3, 0.4) is 0 Å². The monoisotopic (exact) mass is 707 g/mol. The highest BCUT2D eigenvalue weighted by atomic mass is 19.4. The summed E-state index contributed by atoms with van der Waals surface area (Å²) in [6.07, 6.45) is -6.30. The number of ether oxygens (including phenoxy) is 2. The molecule has 272 valence electrons. The van der Waals surface area contributed by atoms with E-state index < -0.39 is 77.8 Å². The largest absolute Gasteiger partial charge is 0.444 e. The number of rotatable bonds is 10. The molecule has 1 aliphatic heterocycles. The van der Waals surface area contributed by atoms with Crippen LogP contribution in [0.1, 0.15) is 64.7 Å². The van der Waals surface area contributed by atoms with Crippen LogP contribution >= 0.6 is 0 Å². The summed E-state index contributed by atoms with van der Waals surface area (Å²) in [7, 11) is 0. The van der Waals surface area contributed by atoms with Crippen LogP contribution in [0.5, 0.6) is 0 Å². The van der Waals surface area contributed by atoms with E-state index in [-0.39, 0.29) is 31.5 Å². The van der Waals surface area contributed by atoms with Crippen LogP contribution in [0.25, 0.3) is 0 Å². The van der Waals surface area contributed by atoms with Crippen LogP contribution in [0, 0.1) is 11.2 Å². The molecule has 1 heterocycles. The predicted molar refractivity (Wildman–Crippen MR) is 172 cm³/mol. The fourth-order valence-electron chi connectivity index (χ4n) is 5.54. The minimum atomic E-state index is -4.82. The van der Waals surface area contributed by atoms with Gasteiger partial charge in [-0.25, -0.2) is 23.7 Å². The van der Waals surface area contributed by atoms with Crippen molar-refractivity contribution in [2.75, 3.05) is 25.0 Å². The number of fused-ring (bicyclic) bond motifs is 2. The highest BCUT2D eigenvalue weighted by Gasteiger charge is 2.58. The number of imide groups is 1. The second kappa shape index (κ2) is 14.2. The molecular formula is C34H41F4N5O7. The molecule has 3 N–H and O–H groups in total.